The SMILES string of the molecule is OC[C@H]1O[C@H](O)[C@H](O)[C@@H](O)C1O[C@@]1(F)O[C@H](CO)[C@H](O)[C@H](O)[C@H]1O. The minimum atomic E-state index is -3.50. The van der Waals surface area contributed by atoms with Crippen LogP contribution in [-0.4, -0.2) is 115 Å². The number of hydrogen-bond acceptors (Lipinski definition) is 11. The zero-order chi connectivity index (χ0) is 18.2. The van der Waals surface area contributed by atoms with Crippen molar-refractivity contribution in [2.45, 2.75) is 61.2 Å². The predicted molar refractivity (Wildman–Crippen MR) is 68.7 cm³/mol. The van der Waals surface area contributed by atoms with E-state index >= 15 is 0 Å². The maximum atomic E-state index is 14.8. The van der Waals surface area contributed by atoms with Crippen molar-refractivity contribution in [3.05, 3.63) is 0 Å². The van der Waals surface area contributed by atoms with Gasteiger partial charge in [-0.2, -0.15) is 4.39 Å². The van der Waals surface area contributed by atoms with E-state index in [4.69, 9.17) is 14.6 Å². The van der Waals surface area contributed by atoms with Gasteiger partial charge in [0.2, 0.25) is 0 Å². The van der Waals surface area contributed by atoms with Gasteiger partial charge in [-0.25, -0.2) is 0 Å². The Morgan fingerprint density at radius 3 is 1.96 bits per heavy atom. The van der Waals surface area contributed by atoms with E-state index in [9.17, 15) is 40.1 Å². The van der Waals surface area contributed by atoms with E-state index in [1.165, 1.54) is 0 Å². The van der Waals surface area contributed by atoms with Crippen molar-refractivity contribution in [1.29, 1.82) is 0 Å². The van der Waals surface area contributed by atoms with Gasteiger partial charge in [-0.3, -0.25) is 0 Å². The van der Waals surface area contributed by atoms with E-state index in [1.54, 1.807) is 0 Å². The molecular formula is C12H21FO11. The number of alkyl halides is 1. The van der Waals surface area contributed by atoms with E-state index in [0.29, 0.717) is 0 Å². The van der Waals surface area contributed by atoms with Crippen LogP contribution < -0.4 is 0 Å². The molecule has 12 heteroatoms. The maximum Gasteiger partial charge on any atom is 0.350 e. The summed E-state index contributed by atoms with van der Waals surface area (Å²) in [5, 5.41) is 76.0. The molecule has 2 fully saturated rings. The van der Waals surface area contributed by atoms with Crippen LogP contribution >= 0.6 is 0 Å². The average molecular weight is 360 g/mol. The van der Waals surface area contributed by atoms with Crippen LogP contribution in [0.15, 0.2) is 0 Å². The lowest BCUT2D eigenvalue weighted by molar-refractivity contribution is -0.446. The summed E-state index contributed by atoms with van der Waals surface area (Å²) in [7, 11) is 0. The summed E-state index contributed by atoms with van der Waals surface area (Å²) in [5.74, 6) is 0. The van der Waals surface area contributed by atoms with Crippen LogP contribution in [0.1, 0.15) is 0 Å². The summed E-state index contributed by atoms with van der Waals surface area (Å²) in [5.41, 5.74) is 0. The molecule has 2 aliphatic rings. The highest BCUT2D eigenvalue weighted by Gasteiger charge is 2.59. The van der Waals surface area contributed by atoms with Gasteiger partial charge in [0.05, 0.1) is 13.2 Å². The number of aliphatic hydroxyl groups excluding tert-OH is 8. The smallest absolute Gasteiger partial charge is 0.350 e. The third-order valence-electron chi connectivity index (χ3n) is 4.04. The van der Waals surface area contributed by atoms with Gasteiger partial charge in [0, 0.05) is 0 Å². The first-order valence-electron chi connectivity index (χ1n) is 7.16. The lowest BCUT2D eigenvalue weighted by Gasteiger charge is -2.47. The van der Waals surface area contributed by atoms with E-state index in [2.05, 4.69) is 4.74 Å². The van der Waals surface area contributed by atoms with Gasteiger partial charge in [-0.1, -0.05) is 0 Å². The van der Waals surface area contributed by atoms with Crippen LogP contribution in [0.25, 0.3) is 0 Å². The highest BCUT2D eigenvalue weighted by Crippen LogP contribution is 2.36. The standard InChI is InChI=1S/C12H21FO11/c13-12(10(20)7(18)5(16)3(1-14)23-12)24-9-4(2-15)22-11(21)8(19)6(9)17/h3-11,14-21H,1-2H2/t3-,4-,5+,6-,7+,8-,9?,10-,11+,12+/m1/s1. The van der Waals surface area contributed by atoms with Gasteiger partial charge in [0.25, 0.3) is 0 Å². The Morgan fingerprint density at radius 2 is 1.42 bits per heavy atom. The lowest BCUT2D eigenvalue weighted by atomic mass is 9.96. The molecule has 2 heterocycles. The molecule has 0 radical (unpaired) electrons. The van der Waals surface area contributed by atoms with Crippen molar-refractivity contribution in [3.8, 4) is 0 Å². The van der Waals surface area contributed by atoms with Crippen LogP contribution in [0.3, 0.4) is 0 Å². The normalized spacial score (nSPS) is 53.1. The van der Waals surface area contributed by atoms with Crippen molar-refractivity contribution >= 4 is 0 Å². The molecule has 0 aromatic carbocycles. The van der Waals surface area contributed by atoms with Gasteiger partial charge >= 0.3 is 6.04 Å². The molecule has 0 bridgehead atoms. The Balaban J connectivity index is 2.22. The highest BCUT2D eigenvalue weighted by atomic mass is 19.2. The number of rotatable bonds is 4. The van der Waals surface area contributed by atoms with Crippen LogP contribution in [0.5, 0.6) is 0 Å². The van der Waals surface area contributed by atoms with Crippen LogP contribution in [0, 0.1) is 0 Å². The quantitative estimate of drug-likeness (QED) is 0.239. The first kappa shape index (κ1) is 19.8. The Labute approximate surface area is 135 Å². The summed E-state index contributed by atoms with van der Waals surface area (Å²) in [4.78, 5) is 0. The van der Waals surface area contributed by atoms with Crippen molar-refractivity contribution in [2.24, 2.45) is 0 Å². The summed E-state index contributed by atoms with van der Waals surface area (Å²) in [6.07, 6.45) is -17.0. The van der Waals surface area contributed by atoms with Crippen molar-refractivity contribution in [1.82, 2.24) is 0 Å². The molecule has 2 saturated heterocycles. The molecule has 142 valence electrons. The molecular weight excluding hydrogens is 339 g/mol. The van der Waals surface area contributed by atoms with Crippen LogP contribution in [0.4, 0.5) is 4.39 Å². The third kappa shape index (κ3) is 3.40. The average Bonchev–Trinajstić information content (AvgIpc) is 2.57. The molecule has 0 saturated carbocycles. The van der Waals surface area contributed by atoms with Crippen LogP contribution in [0.2, 0.25) is 0 Å². The Hall–Kier alpha value is -0.510. The number of aliphatic hydroxyl groups is 8. The summed E-state index contributed by atoms with van der Waals surface area (Å²) < 4.78 is 29.0. The highest BCUT2D eigenvalue weighted by molar-refractivity contribution is 4.96. The topological polar surface area (TPSA) is 190 Å². The first-order valence-corrected chi connectivity index (χ1v) is 7.16. The minimum Gasteiger partial charge on any atom is -0.394 e. The monoisotopic (exact) mass is 360 g/mol. The molecule has 11 nitrogen and oxygen atoms in total. The zero-order valence-electron chi connectivity index (χ0n) is 12.3. The number of hydrogen-bond donors (Lipinski definition) is 8. The lowest BCUT2D eigenvalue weighted by Crippen LogP contribution is -2.68. The first-order chi connectivity index (χ1) is 11.2. The van der Waals surface area contributed by atoms with Gasteiger partial charge in [0.1, 0.15) is 42.7 Å². The second kappa shape index (κ2) is 7.39. The minimum absolute atomic E-state index is 0.855. The van der Waals surface area contributed by atoms with Crippen molar-refractivity contribution in [2.75, 3.05) is 13.2 Å². The van der Waals surface area contributed by atoms with Crippen LogP contribution in [-0.2, 0) is 14.2 Å². The van der Waals surface area contributed by atoms with Gasteiger partial charge in [-0.15, -0.1) is 0 Å². The fourth-order valence-corrected chi connectivity index (χ4v) is 2.60. The molecule has 0 spiro atoms. The molecule has 8 N–H and O–H groups in total. The van der Waals surface area contributed by atoms with E-state index in [0.717, 1.165) is 0 Å². The summed E-state index contributed by atoms with van der Waals surface area (Å²) in [6, 6.07) is -3.50. The van der Waals surface area contributed by atoms with Crippen molar-refractivity contribution < 1.29 is 59.5 Å². The second-order valence-corrected chi connectivity index (χ2v) is 5.66. The molecule has 2 rings (SSSR count). The molecule has 0 aromatic rings. The molecule has 0 aromatic heterocycles. The molecule has 0 amide bonds. The molecule has 24 heavy (non-hydrogen) atoms. The van der Waals surface area contributed by atoms with Gasteiger partial charge in [0.15, 0.2) is 12.4 Å². The van der Waals surface area contributed by atoms with E-state index in [-0.39, 0.29) is 0 Å². The van der Waals surface area contributed by atoms with E-state index < -0.39 is 74.4 Å². The fourth-order valence-electron chi connectivity index (χ4n) is 2.60. The molecule has 2 aliphatic heterocycles. The molecule has 0 aliphatic carbocycles. The largest absolute Gasteiger partial charge is 0.394 e. The summed E-state index contributed by atoms with van der Waals surface area (Å²) in [6.45, 7) is -1.78. The number of ether oxygens (including phenoxy) is 3. The fraction of sp³-hybridized carbons (Fsp3) is 1.00. The molecule has 10 atom stereocenters. The summed E-state index contributed by atoms with van der Waals surface area (Å²) >= 11 is 0. The maximum absolute atomic E-state index is 14.8. The predicted octanol–water partition coefficient (Wildman–Crippen LogP) is -5.10. The van der Waals surface area contributed by atoms with Gasteiger partial charge in [-0.05, 0) is 0 Å². The van der Waals surface area contributed by atoms with Gasteiger partial charge < -0.3 is 55.1 Å². The number of halogens is 1. The molecule has 1 unspecified atom stereocenters. The second-order valence-electron chi connectivity index (χ2n) is 5.66. The Kier molecular flexibility index (Phi) is 6.10. The Bertz CT molecular complexity index is 424. The Morgan fingerprint density at radius 1 is 0.833 bits per heavy atom. The third-order valence-corrected chi connectivity index (χ3v) is 4.04. The van der Waals surface area contributed by atoms with Crippen molar-refractivity contribution in [3.63, 3.8) is 0 Å². The zero-order valence-corrected chi connectivity index (χ0v) is 12.3. The van der Waals surface area contributed by atoms with E-state index in [1.807, 2.05) is 0 Å².